The molecule has 0 saturated carbocycles. The van der Waals surface area contributed by atoms with Gasteiger partial charge in [-0.05, 0) is 61.9 Å². The summed E-state index contributed by atoms with van der Waals surface area (Å²) in [6, 6.07) is 12.6. The molecular weight excluding hydrogens is 395 g/mol. The number of halogens is 1. The second-order valence-corrected chi connectivity index (χ2v) is 8.64. The van der Waals surface area contributed by atoms with Crippen LogP contribution in [0.4, 0.5) is 21.7 Å². The summed E-state index contributed by atoms with van der Waals surface area (Å²) in [7, 11) is 0. The van der Waals surface area contributed by atoms with E-state index in [2.05, 4.69) is 57.2 Å². The van der Waals surface area contributed by atoms with E-state index in [-0.39, 0.29) is 11.4 Å². The van der Waals surface area contributed by atoms with Crippen molar-refractivity contribution in [1.82, 2.24) is 19.7 Å². The van der Waals surface area contributed by atoms with Crippen LogP contribution in [0.1, 0.15) is 12.5 Å². The molecule has 162 valence electrons. The van der Waals surface area contributed by atoms with Gasteiger partial charge in [-0.25, -0.2) is 9.07 Å². The Morgan fingerprint density at radius 3 is 2.42 bits per heavy atom. The maximum Gasteiger partial charge on any atom is 0.246 e. The van der Waals surface area contributed by atoms with E-state index in [1.807, 2.05) is 0 Å². The molecule has 5 rings (SSSR count). The van der Waals surface area contributed by atoms with Crippen molar-refractivity contribution in [3.63, 3.8) is 0 Å². The number of rotatable bonds is 5. The summed E-state index contributed by atoms with van der Waals surface area (Å²) < 4.78 is 20.2. The Bertz CT molecular complexity index is 1050. The largest absolute Gasteiger partial charge is 0.377 e. The predicted octanol–water partition coefficient (Wildman–Crippen LogP) is 3.37. The zero-order valence-corrected chi connectivity index (χ0v) is 17.9. The lowest BCUT2D eigenvalue weighted by Gasteiger charge is -2.50. The van der Waals surface area contributed by atoms with Crippen molar-refractivity contribution in [2.75, 3.05) is 49.6 Å². The first-order chi connectivity index (χ1) is 15.0. The minimum Gasteiger partial charge on any atom is -0.377 e. The summed E-state index contributed by atoms with van der Waals surface area (Å²) in [6.07, 6.45) is 1.62. The van der Waals surface area contributed by atoms with E-state index < -0.39 is 0 Å². The van der Waals surface area contributed by atoms with Gasteiger partial charge >= 0.3 is 0 Å². The summed E-state index contributed by atoms with van der Waals surface area (Å²) in [5.41, 5.74) is 4.30. The maximum absolute atomic E-state index is 13.2. The number of piperazine rings is 1. The van der Waals surface area contributed by atoms with Gasteiger partial charge in [-0.15, -0.1) is 5.10 Å². The van der Waals surface area contributed by atoms with Crippen molar-refractivity contribution in [3.8, 4) is 5.69 Å². The first-order valence-electron chi connectivity index (χ1n) is 10.6. The number of hydrogen-bond acceptors (Lipinski definition) is 6. The average molecular weight is 423 g/mol. The van der Waals surface area contributed by atoms with Crippen LogP contribution in [0.3, 0.4) is 0 Å². The maximum atomic E-state index is 13.2. The quantitative estimate of drug-likeness (QED) is 0.680. The Morgan fingerprint density at radius 2 is 1.74 bits per heavy atom. The topological polar surface area (TPSA) is 58.5 Å². The van der Waals surface area contributed by atoms with Crippen LogP contribution in [-0.4, -0.2) is 64.6 Å². The number of nitrogens with zero attached hydrogens (tertiary/aromatic N) is 5. The fourth-order valence-electron chi connectivity index (χ4n) is 4.27. The molecule has 2 aromatic carbocycles. The smallest absolute Gasteiger partial charge is 0.246 e. The number of benzene rings is 2. The van der Waals surface area contributed by atoms with Gasteiger partial charge < -0.3 is 15.0 Å². The molecule has 1 aromatic heterocycles. The van der Waals surface area contributed by atoms with Gasteiger partial charge in [-0.1, -0.05) is 0 Å². The van der Waals surface area contributed by atoms with Crippen LogP contribution >= 0.6 is 0 Å². The highest BCUT2D eigenvalue weighted by atomic mass is 19.1. The molecule has 7 nitrogen and oxygen atoms in total. The molecule has 2 saturated heterocycles. The third-order valence-electron chi connectivity index (χ3n) is 6.14. The van der Waals surface area contributed by atoms with Crippen LogP contribution in [0.25, 0.3) is 5.69 Å². The zero-order chi connectivity index (χ0) is 21.4. The van der Waals surface area contributed by atoms with Crippen LogP contribution in [0, 0.1) is 12.7 Å². The molecule has 0 radical (unpaired) electrons. The van der Waals surface area contributed by atoms with Crippen LogP contribution in [0.15, 0.2) is 48.8 Å². The molecule has 0 amide bonds. The second-order valence-electron chi connectivity index (χ2n) is 8.64. The lowest BCUT2D eigenvalue weighted by atomic mass is 9.97. The fraction of sp³-hybridized carbons (Fsp3) is 0.391. The monoisotopic (exact) mass is 422 g/mol. The molecule has 3 aromatic rings. The van der Waals surface area contributed by atoms with Crippen LogP contribution < -0.4 is 10.2 Å². The first-order valence-corrected chi connectivity index (χ1v) is 10.6. The van der Waals surface area contributed by atoms with Gasteiger partial charge in [0.2, 0.25) is 5.95 Å². The lowest BCUT2D eigenvalue weighted by molar-refractivity contribution is -0.131. The van der Waals surface area contributed by atoms with Crippen molar-refractivity contribution in [2.24, 2.45) is 0 Å². The molecule has 8 heteroatoms. The number of anilines is 3. The van der Waals surface area contributed by atoms with E-state index in [0.29, 0.717) is 5.95 Å². The molecule has 3 heterocycles. The highest BCUT2D eigenvalue weighted by Gasteiger charge is 2.40. The highest BCUT2D eigenvalue weighted by molar-refractivity contribution is 5.64. The Kier molecular flexibility index (Phi) is 5.11. The summed E-state index contributed by atoms with van der Waals surface area (Å²) in [5.74, 6) is 0.231. The van der Waals surface area contributed by atoms with Gasteiger partial charge in [-0.3, -0.25) is 4.90 Å². The standard InChI is InChI=1S/C23H27FN6O/c1-17-11-19(26-22-25-16-30(27-22)20-5-3-18(24)4-6-20)13-21(12-17)28-7-9-29(10-8-28)23(2)14-31-15-23/h3-6,11-13,16H,7-10,14-15H2,1-2H3,(H,26,27). The SMILES string of the molecule is Cc1cc(Nc2ncn(-c3ccc(F)cc3)n2)cc(N2CCN(C3(C)COC3)CC2)c1. The molecule has 0 unspecified atom stereocenters. The van der Waals surface area contributed by atoms with E-state index >= 15 is 0 Å². The number of aryl methyl sites for hydroxylation is 1. The Labute approximate surface area is 181 Å². The zero-order valence-electron chi connectivity index (χ0n) is 17.9. The third kappa shape index (κ3) is 4.13. The van der Waals surface area contributed by atoms with Gasteiger partial charge in [0, 0.05) is 37.6 Å². The minimum absolute atomic E-state index is 0.209. The van der Waals surface area contributed by atoms with E-state index in [1.165, 1.54) is 23.4 Å². The number of aromatic nitrogens is 3. The molecule has 0 aliphatic carbocycles. The van der Waals surface area contributed by atoms with Gasteiger partial charge in [0.25, 0.3) is 0 Å². The fourth-order valence-corrected chi connectivity index (χ4v) is 4.27. The minimum atomic E-state index is -0.273. The second kappa shape index (κ2) is 7.94. The molecule has 0 bridgehead atoms. The molecule has 2 fully saturated rings. The highest BCUT2D eigenvalue weighted by Crippen LogP contribution is 2.29. The van der Waals surface area contributed by atoms with Crippen LogP contribution in [0.2, 0.25) is 0 Å². The first kappa shape index (κ1) is 20.0. The summed E-state index contributed by atoms with van der Waals surface area (Å²) in [6.45, 7) is 10.1. The van der Waals surface area contributed by atoms with Crippen molar-refractivity contribution in [2.45, 2.75) is 19.4 Å². The van der Waals surface area contributed by atoms with Crippen molar-refractivity contribution in [1.29, 1.82) is 0 Å². The van der Waals surface area contributed by atoms with Crippen molar-refractivity contribution in [3.05, 3.63) is 60.2 Å². The Hall–Kier alpha value is -2.97. The molecule has 2 aliphatic rings. The predicted molar refractivity (Wildman–Crippen MR) is 119 cm³/mol. The summed E-state index contributed by atoms with van der Waals surface area (Å²) in [4.78, 5) is 9.33. The Morgan fingerprint density at radius 1 is 1.00 bits per heavy atom. The van der Waals surface area contributed by atoms with E-state index in [1.54, 1.807) is 23.1 Å². The van der Waals surface area contributed by atoms with Gasteiger partial charge in [-0.2, -0.15) is 4.98 Å². The van der Waals surface area contributed by atoms with Crippen molar-refractivity contribution < 1.29 is 9.13 Å². The number of nitrogens with one attached hydrogen (secondary N) is 1. The molecule has 31 heavy (non-hydrogen) atoms. The number of ether oxygens (including phenoxy) is 1. The Balaban J connectivity index is 1.28. The third-order valence-corrected chi connectivity index (χ3v) is 6.14. The van der Waals surface area contributed by atoms with E-state index in [4.69, 9.17) is 4.74 Å². The normalized spacial score (nSPS) is 18.6. The van der Waals surface area contributed by atoms with E-state index in [0.717, 1.165) is 50.8 Å². The van der Waals surface area contributed by atoms with Gasteiger partial charge in [0.05, 0.1) is 24.4 Å². The molecule has 2 aliphatic heterocycles. The van der Waals surface area contributed by atoms with Gasteiger partial charge in [0.15, 0.2) is 0 Å². The average Bonchev–Trinajstić information content (AvgIpc) is 3.20. The van der Waals surface area contributed by atoms with Gasteiger partial charge in [0.1, 0.15) is 12.1 Å². The molecule has 1 N–H and O–H groups in total. The summed E-state index contributed by atoms with van der Waals surface area (Å²) >= 11 is 0. The van der Waals surface area contributed by atoms with Crippen molar-refractivity contribution >= 4 is 17.3 Å². The number of hydrogen-bond donors (Lipinski definition) is 1. The molecule has 0 atom stereocenters. The molecule has 0 spiro atoms. The molecular formula is C23H27FN6O. The van der Waals surface area contributed by atoms with Crippen LogP contribution in [-0.2, 0) is 4.74 Å². The van der Waals surface area contributed by atoms with E-state index in [9.17, 15) is 4.39 Å². The summed E-state index contributed by atoms with van der Waals surface area (Å²) in [5, 5.41) is 7.78. The lowest BCUT2D eigenvalue weighted by Crippen LogP contribution is -2.64. The van der Waals surface area contributed by atoms with Crippen LogP contribution in [0.5, 0.6) is 0 Å².